The molecule has 0 aliphatic carbocycles. The van der Waals surface area contributed by atoms with Gasteiger partial charge in [0.1, 0.15) is 10.5 Å². The number of aryl methyl sites for hydroxylation is 1. The molecule has 0 atom stereocenters. The molecule has 35 heavy (non-hydrogen) atoms. The number of hydrogen-bond donors (Lipinski definition) is 0. The van der Waals surface area contributed by atoms with Crippen molar-refractivity contribution in [2.75, 3.05) is 37.5 Å². The molecule has 0 radical (unpaired) electrons. The van der Waals surface area contributed by atoms with Crippen LogP contribution < -0.4 is 9.80 Å². The number of nitrogens with zero attached hydrogens (tertiary/aromatic N) is 6. The van der Waals surface area contributed by atoms with Crippen LogP contribution in [-0.2, 0) is 6.18 Å². The van der Waals surface area contributed by atoms with E-state index in [2.05, 4.69) is 26.5 Å². The Labute approximate surface area is 203 Å². The van der Waals surface area contributed by atoms with Crippen LogP contribution in [0.25, 0.3) is 27.2 Å². The topological polar surface area (TPSA) is 58.0 Å². The first-order valence-electron chi connectivity index (χ1n) is 10.5. The molecule has 0 unspecified atom stereocenters. The zero-order valence-corrected chi connectivity index (χ0v) is 20.3. The van der Waals surface area contributed by atoms with Crippen LogP contribution in [0.15, 0.2) is 43.1 Å². The molecular weight excluding hydrogens is 480 g/mol. The summed E-state index contributed by atoms with van der Waals surface area (Å²) in [5.74, 6) is -0.778. The second kappa shape index (κ2) is 9.21. The van der Waals surface area contributed by atoms with Crippen LogP contribution in [0, 0.1) is 12.7 Å². The summed E-state index contributed by atoms with van der Waals surface area (Å²) in [6.07, 6.45) is -2.96. The highest BCUT2D eigenvalue weighted by Gasteiger charge is 2.32. The number of thiazole rings is 1. The molecule has 0 amide bonds. The molecule has 4 rings (SSSR count). The molecule has 0 bridgehead atoms. The molecular formula is C24H22F4N6S. The van der Waals surface area contributed by atoms with E-state index in [0.29, 0.717) is 28.1 Å². The fourth-order valence-corrected chi connectivity index (χ4v) is 4.38. The molecule has 0 aliphatic heterocycles. The van der Waals surface area contributed by atoms with Gasteiger partial charge in [0.2, 0.25) is 5.95 Å². The highest BCUT2D eigenvalue weighted by atomic mass is 32.1. The third-order valence-corrected chi connectivity index (χ3v) is 6.46. The van der Waals surface area contributed by atoms with E-state index < -0.39 is 17.6 Å². The van der Waals surface area contributed by atoms with Gasteiger partial charge in [-0.1, -0.05) is 17.9 Å². The molecule has 0 spiro atoms. The maximum atomic E-state index is 14.9. The van der Waals surface area contributed by atoms with Crippen molar-refractivity contribution >= 4 is 38.3 Å². The van der Waals surface area contributed by atoms with Crippen LogP contribution in [0.4, 0.5) is 28.6 Å². The van der Waals surface area contributed by atoms with Gasteiger partial charge in [0, 0.05) is 45.1 Å². The predicted octanol–water partition coefficient (Wildman–Crippen LogP) is 5.83. The van der Waals surface area contributed by atoms with E-state index in [9.17, 15) is 17.6 Å². The van der Waals surface area contributed by atoms with Gasteiger partial charge in [0.25, 0.3) is 0 Å². The van der Waals surface area contributed by atoms with Crippen LogP contribution in [0.3, 0.4) is 0 Å². The second-order valence-electron chi connectivity index (χ2n) is 8.25. The molecule has 182 valence electrons. The molecule has 0 fully saturated rings. The Morgan fingerprint density at radius 2 is 1.80 bits per heavy atom. The zero-order chi connectivity index (χ0) is 25.5. The van der Waals surface area contributed by atoms with Gasteiger partial charge in [-0.05, 0) is 48.4 Å². The minimum absolute atomic E-state index is 0.0578. The molecule has 1 aromatic carbocycles. The van der Waals surface area contributed by atoms with Crippen molar-refractivity contribution < 1.29 is 17.6 Å². The van der Waals surface area contributed by atoms with Gasteiger partial charge in [-0.25, -0.2) is 9.37 Å². The van der Waals surface area contributed by atoms with Gasteiger partial charge >= 0.3 is 6.18 Å². The van der Waals surface area contributed by atoms with Crippen LogP contribution in [-0.4, -0.2) is 47.6 Å². The van der Waals surface area contributed by atoms with Gasteiger partial charge in [0.05, 0.1) is 11.3 Å². The van der Waals surface area contributed by atoms with Crippen LogP contribution in [0.1, 0.15) is 16.8 Å². The number of fused-ring (bicyclic) bond motifs is 1. The van der Waals surface area contributed by atoms with Crippen LogP contribution >= 0.6 is 11.3 Å². The number of rotatable bonds is 6. The van der Waals surface area contributed by atoms with Crippen LogP contribution in [0.5, 0.6) is 0 Å². The Morgan fingerprint density at radius 3 is 2.43 bits per heavy atom. The van der Waals surface area contributed by atoms with Crippen LogP contribution in [0.2, 0.25) is 0 Å². The first kappa shape index (κ1) is 24.5. The summed E-state index contributed by atoms with van der Waals surface area (Å²) in [5.41, 5.74) is 1.93. The largest absolute Gasteiger partial charge is 0.416 e. The van der Waals surface area contributed by atoms with Gasteiger partial charge in [0.15, 0.2) is 10.8 Å². The zero-order valence-electron chi connectivity index (χ0n) is 19.5. The monoisotopic (exact) mass is 502 g/mol. The van der Waals surface area contributed by atoms with E-state index in [0.717, 1.165) is 29.0 Å². The standard InChI is InChI=1S/C24H22F4N6S/c1-13(15-8-9-29-14(2)10-15)12-34(5)22-30-19(20-21(31-22)32-23(35-20)33(3)4)17-7-6-16(11-18(17)25)24(26,27)28/h6-11H,1,12H2,2-5H3. The van der Waals surface area contributed by atoms with Crippen molar-refractivity contribution in [3.63, 3.8) is 0 Å². The fourth-order valence-electron chi connectivity index (χ4n) is 3.44. The van der Waals surface area contributed by atoms with E-state index in [1.165, 1.54) is 11.3 Å². The van der Waals surface area contributed by atoms with Gasteiger partial charge < -0.3 is 9.80 Å². The minimum atomic E-state index is -4.65. The third kappa shape index (κ3) is 5.09. The molecule has 3 heterocycles. The van der Waals surface area contributed by atoms with Crippen molar-refractivity contribution in [3.8, 4) is 11.3 Å². The minimum Gasteiger partial charge on any atom is -0.354 e. The molecule has 6 nitrogen and oxygen atoms in total. The normalized spacial score (nSPS) is 11.7. The Balaban J connectivity index is 1.79. The molecule has 11 heteroatoms. The summed E-state index contributed by atoms with van der Waals surface area (Å²) >= 11 is 1.24. The van der Waals surface area contributed by atoms with Crippen molar-refractivity contribution in [1.82, 2.24) is 19.9 Å². The summed E-state index contributed by atoms with van der Waals surface area (Å²) in [6, 6.07) is 6.18. The number of benzene rings is 1. The number of hydrogen-bond acceptors (Lipinski definition) is 7. The number of halogens is 4. The van der Waals surface area contributed by atoms with E-state index in [-0.39, 0.29) is 17.2 Å². The molecule has 4 aromatic rings. The molecule has 0 aliphatic rings. The first-order chi connectivity index (χ1) is 16.4. The average molecular weight is 503 g/mol. The van der Waals surface area contributed by atoms with E-state index in [4.69, 9.17) is 0 Å². The fraction of sp³-hybridized carbons (Fsp3) is 0.250. The first-order valence-corrected chi connectivity index (χ1v) is 11.3. The lowest BCUT2D eigenvalue weighted by Gasteiger charge is -2.19. The van der Waals surface area contributed by atoms with Crippen molar-refractivity contribution in [1.29, 1.82) is 0 Å². The van der Waals surface area contributed by atoms with Crippen molar-refractivity contribution in [2.24, 2.45) is 0 Å². The quantitative estimate of drug-likeness (QED) is 0.309. The Bertz CT molecular complexity index is 1410. The van der Waals surface area contributed by atoms with E-state index in [1.807, 2.05) is 19.1 Å². The number of pyridine rings is 1. The average Bonchev–Trinajstić information content (AvgIpc) is 3.22. The summed E-state index contributed by atoms with van der Waals surface area (Å²) < 4.78 is 54.7. The van der Waals surface area contributed by atoms with E-state index >= 15 is 0 Å². The summed E-state index contributed by atoms with van der Waals surface area (Å²) in [6.45, 7) is 6.37. The predicted molar refractivity (Wildman–Crippen MR) is 131 cm³/mol. The van der Waals surface area contributed by atoms with Gasteiger partial charge in [-0.3, -0.25) is 4.98 Å². The van der Waals surface area contributed by atoms with E-state index in [1.54, 1.807) is 37.1 Å². The summed E-state index contributed by atoms with van der Waals surface area (Å²) in [7, 11) is 5.36. The Kier molecular flexibility index (Phi) is 6.46. The number of alkyl halides is 3. The number of anilines is 2. The molecule has 3 aromatic heterocycles. The lowest BCUT2D eigenvalue weighted by Crippen LogP contribution is -2.22. The Hall–Kier alpha value is -3.60. The molecule has 0 N–H and O–H groups in total. The van der Waals surface area contributed by atoms with Crippen molar-refractivity contribution in [3.05, 3.63) is 65.7 Å². The smallest absolute Gasteiger partial charge is 0.354 e. The number of aromatic nitrogens is 4. The third-order valence-electron chi connectivity index (χ3n) is 5.24. The van der Waals surface area contributed by atoms with Gasteiger partial charge in [-0.15, -0.1) is 0 Å². The Morgan fingerprint density at radius 1 is 1.06 bits per heavy atom. The lowest BCUT2D eigenvalue weighted by atomic mass is 10.1. The van der Waals surface area contributed by atoms with Gasteiger partial charge in [-0.2, -0.15) is 23.1 Å². The maximum absolute atomic E-state index is 14.9. The highest BCUT2D eigenvalue weighted by Crippen LogP contribution is 2.38. The van der Waals surface area contributed by atoms with Crippen molar-refractivity contribution in [2.45, 2.75) is 13.1 Å². The molecule has 0 saturated heterocycles. The second-order valence-corrected chi connectivity index (χ2v) is 9.23. The summed E-state index contributed by atoms with van der Waals surface area (Å²) in [5, 5.41) is 0.611. The highest BCUT2D eigenvalue weighted by molar-refractivity contribution is 7.22. The maximum Gasteiger partial charge on any atom is 0.416 e. The number of likely N-dealkylation sites (N-methyl/N-ethyl adjacent to an activating group) is 1. The molecule has 0 saturated carbocycles. The lowest BCUT2D eigenvalue weighted by molar-refractivity contribution is -0.137. The summed E-state index contributed by atoms with van der Waals surface area (Å²) in [4.78, 5) is 21.3. The SMILES string of the molecule is C=C(CN(C)c1nc(-c2ccc(C(F)(F)F)cc2F)c2sc(N(C)C)nc2n1)c1ccnc(C)c1.